The van der Waals surface area contributed by atoms with Crippen molar-refractivity contribution in [3.63, 3.8) is 0 Å². The fraction of sp³-hybridized carbons (Fsp3) is 0.933. The lowest BCUT2D eigenvalue weighted by atomic mass is 9.92. The molecule has 0 radical (unpaired) electrons. The summed E-state index contributed by atoms with van der Waals surface area (Å²) in [6.07, 6.45) is 2.01. The zero-order valence-electron chi connectivity index (χ0n) is 14.5. The number of piperidine rings is 1. The van der Waals surface area contributed by atoms with Gasteiger partial charge in [0.25, 0.3) is 0 Å². The number of halogens is 1. The molecule has 2 atom stereocenters. The van der Waals surface area contributed by atoms with Crippen molar-refractivity contribution in [1.29, 1.82) is 0 Å². The average molecular weight is 458 g/mol. The standard InChI is InChI=1S/C15H30N4O2S.HI/c1-4-16-15(18-11-13(2)10-14(3)12-18)17-6-8-19-7-5-9-22(19,20)21;/h13-14H,4-12H2,1-3H3,(H,16,17);1H. The third-order valence-corrected chi connectivity index (χ3v) is 6.27. The molecule has 2 aliphatic rings. The van der Waals surface area contributed by atoms with Gasteiger partial charge in [0, 0.05) is 32.7 Å². The molecular weight excluding hydrogens is 427 g/mol. The topological polar surface area (TPSA) is 65.0 Å². The third-order valence-electron chi connectivity index (χ3n) is 4.32. The molecule has 0 spiro atoms. The van der Waals surface area contributed by atoms with E-state index in [4.69, 9.17) is 0 Å². The van der Waals surface area contributed by atoms with E-state index in [2.05, 4.69) is 36.0 Å². The largest absolute Gasteiger partial charge is 0.357 e. The summed E-state index contributed by atoms with van der Waals surface area (Å²) in [5.74, 6) is 2.56. The van der Waals surface area contributed by atoms with Crippen LogP contribution < -0.4 is 5.32 Å². The second-order valence-electron chi connectivity index (χ2n) is 6.66. The first kappa shape index (κ1) is 21.0. The van der Waals surface area contributed by atoms with Crippen LogP contribution in [0.2, 0.25) is 0 Å². The van der Waals surface area contributed by atoms with Gasteiger partial charge in [-0.05, 0) is 31.6 Å². The van der Waals surface area contributed by atoms with E-state index >= 15 is 0 Å². The first-order valence-electron chi connectivity index (χ1n) is 8.43. The maximum Gasteiger partial charge on any atom is 0.214 e. The molecule has 0 amide bonds. The fourth-order valence-corrected chi connectivity index (χ4v) is 4.99. The zero-order chi connectivity index (χ0) is 16.2. The first-order chi connectivity index (χ1) is 10.4. The van der Waals surface area contributed by atoms with Crippen LogP contribution in [-0.4, -0.2) is 68.6 Å². The van der Waals surface area contributed by atoms with Gasteiger partial charge in [-0.1, -0.05) is 13.8 Å². The van der Waals surface area contributed by atoms with Crippen LogP contribution in [0.3, 0.4) is 0 Å². The first-order valence-corrected chi connectivity index (χ1v) is 10.0. The van der Waals surface area contributed by atoms with Gasteiger partial charge in [-0.15, -0.1) is 24.0 Å². The Morgan fingerprint density at radius 2 is 1.91 bits per heavy atom. The molecule has 6 nitrogen and oxygen atoms in total. The third kappa shape index (κ3) is 6.04. The molecular formula is C15H31IN4O2S. The van der Waals surface area contributed by atoms with E-state index in [0.717, 1.165) is 32.0 Å². The molecule has 0 aromatic heterocycles. The van der Waals surface area contributed by atoms with Gasteiger partial charge in [-0.2, -0.15) is 0 Å². The SMILES string of the molecule is CCNC(=NCCN1CCCS1(=O)=O)N1CC(C)CC(C)C1.I. The van der Waals surface area contributed by atoms with Crippen LogP contribution in [-0.2, 0) is 10.0 Å². The molecule has 0 saturated carbocycles. The summed E-state index contributed by atoms with van der Waals surface area (Å²) in [5.41, 5.74) is 0. The van der Waals surface area contributed by atoms with E-state index in [-0.39, 0.29) is 29.7 Å². The minimum absolute atomic E-state index is 0. The molecule has 2 fully saturated rings. The lowest BCUT2D eigenvalue weighted by molar-refractivity contribution is 0.208. The Bertz CT molecular complexity index is 488. The maximum atomic E-state index is 11.8. The van der Waals surface area contributed by atoms with Crippen LogP contribution in [0, 0.1) is 11.8 Å². The van der Waals surface area contributed by atoms with Gasteiger partial charge in [-0.25, -0.2) is 12.7 Å². The average Bonchev–Trinajstić information content (AvgIpc) is 2.76. The quantitative estimate of drug-likeness (QED) is 0.395. The number of nitrogens with zero attached hydrogens (tertiary/aromatic N) is 3. The maximum absolute atomic E-state index is 11.8. The lowest BCUT2D eigenvalue weighted by Crippen LogP contribution is -2.48. The monoisotopic (exact) mass is 458 g/mol. The summed E-state index contributed by atoms with van der Waals surface area (Å²) in [7, 11) is -3.01. The van der Waals surface area contributed by atoms with Crippen LogP contribution in [0.1, 0.15) is 33.6 Å². The summed E-state index contributed by atoms with van der Waals surface area (Å²) in [5, 5.41) is 3.35. The summed E-state index contributed by atoms with van der Waals surface area (Å²) in [6, 6.07) is 0. The van der Waals surface area contributed by atoms with E-state index in [0.29, 0.717) is 31.5 Å². The van der Waals surface area contributed by atoms with E-state index in [1.54, 1.807) is 4.31 Å². The molecule has 2 unspecified atom stereocenters. The lowest BCUT2D eigenvalue weighted by Gasteiger charge is -2.37. The van der Waals surface area contributed by atoms with Crippen LogP contribution >= 0.6 is 24.0 Å². The van der Waals surface area contributed by atoms with Crippen molar-refractivity contribution in [2.75, 3.05) is 45.0 Å². The molecule has 2 heterocycles. The molecule has 0 aromatic carbocycles. The highest BCUT2D eigenvalue weighted by molar-refractivity contribution is 14.0. The summed E-state index contributed by atoms with van der Waals surface area (Å²) in [4.78, 5) is 6.98. The molecule has 2 aliphatic heterocycles. The Morgan fingerprint density at radius 3 is 2.43 bits per heavy atom. The second-order valence-corrected chi connectivity index (χ2v) is 8.74. The molecule has 136 valence electrons. The van der Waals surface area contributed by atoms with Crippen molar-refractivity contribution >= 4 is 40.0 Å². The molecule has 2 rings (SSSR count). The zero-order valence-corrected chi connectivity index (χ0v) is 17.6. The number of rotatable bonds is 4. The second kappa shape index (κ2) is 9.41. The van der Waals surface area contributed by atoms with Gasteiger partial charge in [-0.3, -0.25) is 4.99 Å². The molecule has 1 N–H and O–H groups in total. The van der Waals surface area contributed by atoms with E-state index in [1.807, 2.05) is 0 Å². The highest BCUT2D eigenvalue weighted by Gasteiger charge is 2.28. The Balaban J connectivity index is 0.00000264. The minimum atomic E-state index is -3.01. The normalized spacial score (nSPS) is 28.5. The number of nitrogens with one attached hydrogen (secondary N) is 1. The number of aliphatic imine (C=N–C) groups is 1. The van der Waals surface area contributed by atoms with Crippen LogP contribution in [0.15, 0.2) is 4.99 Å². The highest BCUT2D eigenvalue weighted by Crippen LogP contribution is 2.21. The molecule has 0 bridgehead atoms. The van der Waals surface area contributed by atoms with Gasteiger partial charge in [0.05, 0.1) is 12.3 Å². The van der Waals surface area contributed by atoms with Crippen molar-refractivity contribution in [2.24, 2.45) is 16.8 Å². The fourth-order valence-electron chi connectivity index (χ4n) is 3.47. The predicted octanol–water partition coefficient (Wildman–Crippen LogP) is 1.58. The van der Waals surface area contributed by atoms with E-state index in [1.165, 1.54) is 6.42 Å². The van der Waals surface area contributed by atoms with E-state index in [9.17, 15) is 8.42 Å². The van der Waals surface area contributed by atoms with Gasteiger partial charge in [0.2, 0.25) is 10.0 Å². The predicted molar refractivity (Wildman–Crippen MR) is 106 cm³/mol. The van der Waals surface area contributed by atoms with Gasteiger partial charge < -0.3 is 10.2 Å². The van der Waals surface area contributed by atoms with Gasteiger partial charge in [0.1, 0.15) is 0 Å². The number of guanidine groups is 1. The molecule has 0 aliphatic carbocycles. The van der Waals surface area contributed by atoms with Crippen LogP contribution in [0.5, 0.6) is 0 Å². The smallest absolute Gasteiger partial charge is 0.214 e. The summed E-state index contributed by atoms with van der Waals surface area (Å²) >= 11 is 0. The number of likely N-dealkylation sites (tertiary alicyclic amines) is 1. The Kier molecular flexibility index (Phi) is 8.57. The number of hydrogen-bond donors (Lipinski definition) is 1. The van der Waals surface area contributed by atoms with E-state index < -0.39 is 10.0 Å². The molecule has 0 aromatic rings. The summed E-state index contributed by atoms with van der Waals surface area (Å²) in [6.45, 7) is 11.2. The van der Waals surface area contributed by atoms with Crippen molar-refractivity contribution in [2.45, 2.75) is 33.6 Å². The number of hydrogen-bond acceptors (Lipinski definition) is 3. The minimum Gasteiger partial charge on any atom is -0.357 e. The van der Waals surface area contributed by atoms with Crippen molar-refractivity contribution in [3.8, 4) is 0 Å². The van der Waals surface area contributed by atoms with Crippen LogP contribution in [0.25, 0.3) is 0 Å². The molecule has 8 heteroatoms. The highest BCUT2D eigenvalue weighted by atomic mass is 127. The Hall–Kier alpha value is -0.0900. The summed E-state index contributed by atoms with van der Waals surface area (Å²) < 4.78 is 25.2. The van der Waals surface area contributed by atoms with Crippen molar-refractivity contribution in [3.05, 3.63) is 0 Å². The Labute approximate surface area is 158 Å². The van der Waals surface area contributed by atoms with Crippen molar-refractivity contribution < 1.29 is 8.42 Å². The van der Waals surface area contributed by atoms with Crippen molar-refractivity contribution in [1.82, 2.24) is 14.5 Å². The number of sulfonamides is 1. The molecule has 23 heavy (non-hydrogen) atoms. The Morgan fingerprint density at radius 1 is 1.26 bits per heavy atom. The van der Waals surface area contributed by atoms with Gasteiger partial charge >= 0.3 is 0 Å². The molecule has 2 saturated heterocycles. The van der Waals surface area contributed by atoms with Crippen LogP contribution in [0.4, 0.5) is 0 Å². The van der Waals surface area contributed by atoms with Gasteiger partial charge in [0.15, 0.2) is 5.96 Å².